The molecule has 0 fully saturated rings. The highest BCUT2D eigenvalue weighted by molar-refractivity contribution is 7.98. The second-order valence-electron chi connectivity index (χ2n) is 2.90. The molecule has 1 aromatic heterocycles. The van der Waals surface area contributed by atoms with Crippen LogP contribution in [-0.4, -0.2) is 10.8 Å². The lowest BCUT2D eigenvalue weighted by Crippen LogP contribution is -1.92. The van der Waals surface area contributed by atoms with Gasteiger partial charge in [0.05, 0.1) is 5.03 Å². The van der Waals surface area contributed by atoms with Crippen molar-refractivity contribution >= 4 is 17.8 Å². The summed E-state index contributed by atoms with van der Waals surface area (Å²) >= 11 is 1.79. The molecule has 0 aliphatic carbocycles. The molecule has 66 valence electrons. The summed E-state index contributed by atoms with van der Waals surface area (Å²) in [7, 11) is 2.10. The first-order valence-corrected chi connectivity index (χ1v) is 5.18. The van der Waals surface area contributed by atoms with Gasteiger partial charge in [0.1, 0.15) is 0 Å². The first-order chi connectivity index (χ1) is 5.63. The molecule has 1 nitrogen and oxygen atoms in total. The zero-order valence-electron chi connectivity index (χ0n) is 8.14. The molecule has 1 rings (SSSR count). The van der Waals surface area contributed by atoms with Crippen molar-refractivity contribution in [1.82, 2.24) is 4.57 Å². The van der Waals surface area contributed by atoms with Crippen LogP contribution in [0.25, 0.3) is 6.08 Å². The average Bonchev–Trinajstić information content (AvgIpc) is 2.25. The summed E-state index contributed by atoms with van der Waals surface area (Å²) in [5.41, 5.74) is 3.92. The van der Waals surface area contributed by atoms with Crippen LogP contribution in [0.5, 0.6) is 0 Å². The standard InChI is InChI=1S/C10H15NS/c1-6-9-7(2)10(12-5)11(4)8(9)3/h6H,1H2,2-5H3. The van der Waals surface area contributed by atoms with Crippen molar-refractivity contribution in [2.45, 2.75) is 18.9 Å². The second kappa shape index (κ2) is 3.40. The van der Waals surface area contributed by atoms with Gasteiger partial charge in [-0.1, -0.05) is 12.7 Å². The van der Waals surface area contributed by atoms with Crippen LogP contribution in [0.15, 0.2) is 11.6 Å². The number of thioether (sulfide) groups is 1. The number of aromatic nitrogens is 1. The molecule has 0 spiro atoms. The maximum Gasteiger partial charge on any atom is 0.0780 e. The first kappa shape index (κ1) is 9.46. The van der Waals surface area contributed by atoms with E-state index in [0.717, 1.165) is 0 Å². The average molecular weight is 181 g/mol. The van der Waals surface area contributed by atoms with E-state index in [0.29, 0.717) is 0 Å². The molecule has 0 unspecified atom stereocenters. The molecule has 0 N–H and O–H groups in total. The minimum Gasteiger partial charge on any atom is -0.342 e. The van der Waals surface area contributed by atoms with Gasteiger partial charge in [-0.15, -0.1) is 11.8 Å². The third-order valence-corrected chi connectivity index (χ3v) is 3.29. The highest BCUT2D eigenvalue weighted by Gasteiger charge is 2.10. The molecule has 0 saturated heterocycles. The van der Waals surface area contributed by atoms with E-state index in [2.05, 4.69) is 38.3 Å². The summed E-state index contributed by atoms with van der Waals surface area (Å²) in [6, 6.07) is 0. The fraction of sp³-hybridized carbons (Fsp3) is 0.400. The molecule has 0 bridgehead atoms. The number of nitrogens with zero attached hydrogens (tertiary/aromatic N) is 1. The Morgan fingerprint density at radius 1 is 1.42 bits per heavy atom. The fourth-order valence-corrected chi connectivity index (χ4v) is 2.39. The van der Waals surface area contributed by atoms with Crippen molar-refractivity contribution in [2.75, 3.05) is 6.26 Å². The number of hydrogen-bond donors (Lipinski definition) is 0. The molecular formula is C10H15NS. The van der Waals surface area contributed by atoms with Crippen molar-refractivity contribution in [2.24, 2.45) is 7.05 Å². The van der Waals surface area contributed by atoms with Gasteiger partial charge in [-0.2, -0.15) is 0 Å². The quantitative estimate of drug-likeness (QED) is 0.635. The van der Waals surface area contributed by atoms with Gasteiger partial charge in [-0.05, 0) is 31.2 Å². The van der Waals surface area contributed by atoms with Crippen LogP contribution in [0.4, 0.5) is 0 Å². The third-order valence-electron chi connectivity index (χ3n) is 2.32. The van der Waals surface area contributed by atoms with Crippen LogP contribution in [0.2, 0.25) is 0 Å². The highest BCUT2D eigenvalue weighted by Crippen LogP contribution is 2.28. The number of rotatable bonds is 2. The van der Waals surface area contributed by atoms with E-state index < -0.39 is 0 Å². The largest absolute Gasteiger partial charge is 0.342 e. The summed E-state index contributed by atoms with van der Waals surface area (Å²) in [4.78, 5) is 0. The van der Waals surface area contributed by atoms with Crippen LogP contribution < -0.4 is 0 Å². The van der Waals surface area contributed by atoms with E-state index in [1.54, 1.807) is 11.8 Å². The minimum absolute atomic E-state index is 1.28. The van der Waals surface area contributed by atoms with Crippen molar-refractivity contribution in [3.05, 3.63) is 23.4 Å². The smallest absolute Gasteiger partial charge is 0.0780 e. The molecular weight excluding hydrogens is 166 g/mol. The topological polar surface area (TPSA) is 4.93 Å². The van der Waals surface area contributed by atoms with Crippen LogP contribution in [0.3, 0.4) is 0 Å². The van der Waals surface area contributed by atoms with Crippen LogP contribution in [-0.2, 0) is 7.05 Å². The van der Waals surface area contributed by atoms with E-state index in [1.165, 1.54) is 21.8 Å². The summed E-state index contributed by atoms with van der Waals surface area (Å²) in [6.45, 7) is 8.10. The summed E-state index contributed by atoms with van der Waals surface area (Å²) in [5.74, 6) is 0. The van der Waals surface area contributed by atoms with E-state index >= 15 is 0 Å². The van der Waals surface area contributed by atoms with E-state index in [-0.39, 0.29) is 0 Å². The van der Waals surface area contributed by atoms with Crippen molar-refractivity contribution < 1.29 is 0 Å². The molecule has 1 heterocycles. The molecule has 0 atom stereocenters. The van der Waals surface area contributed by atoms with Gasteiger partial charge in [-0.3, -0.25) is 0 Å². The molecule has 1 aromatic rings. The predicted molar refractivity (Wildman–Crippen MR) is 56.8 cm³/mol. The summed E-state index contributed by atoms with van der Waals surface area (Å²) < 4.78 is 2.22. The van der Waals surface area contributed by atoms with Crippen molar-refractivity contribution in [1.29, 1.82) is 0 Å². The molecule has 0 radical (unpaired) electrons. The Morgan fingerprint density at radius 2 is 2.00 bits per heavy atom. The highest BCUT2D eigenvalue weighted by atomic mass is 32.2. The fourth-order valence-electron chi connectivity index (χ4n) is 1.56. The maximum atomic E-state index is 3.82. The molecule has 0 amide bonds. The van der Waals surface area contributed by atoms with Gasteiger partial charge in [0.2, 0.25) is 0 Å². The lowest BCUT2D eigenvalue weighted by molar-refractivity contribution is 0.790. The monoisotopic (exact) mass is 181 g/mol. The normalized spacial score (nSPS) is 10.3. The van der Waals surface area contributed by atoms with Crippen LogP contribution >= 0.6 is 11.8 Å². The van der Waals surface area contributed by atoms with Gasteiger partial charge in [-0.25, -0.2) is 0 Å². The lowest BCUT2D eigenvalue weighted by atomic mass is 10.2. The van der Waals surface area contributed by atoms with E-state index in [1.807, 2.05) is 6.08 Å². The van der Waals surface area contributed by atoms with Crippen LogP contribution in [0.1, 0.15) is 16.8 Å². The van der Waals surface area contributed by atoms with E-state index in [9.17, 15) is 0 Å². The predicted octanol–water partition coefficient (Wildman–Crippen LogP) is 3.01. The van der Waals surface area contributed by atoms with Crippen LogP contribution in [0, 0.1) is 13.8 Å². The zero-order valence-corrected chi connectivity index (χ0v) is 8.96. The number of hydrogen-bond acceptors (Lipinski definition) is 1. The lowest BCUT2D eigenvalue weighted by Gasteiger charge is -2.01. The van der Waals surface area contributed by atoms with E-state index in [4.69, 9.17) is 0 Å². The second-order valence-corrected chi connectivity index (χ2v) is 3.69. The molecule has 0 aliphatic heterocycles. The Bertz CT molecular complexity index is 310. The Kier molecular flexibility index (Phi) is 2.68. The third kappa shape index (κ3) is 1.20. The Labute approximate surface area is 78.5 Å². The minimum atomic E-state index is 1.28. The summed E-state index contributed by atoms with van der Waals surface area (Å²) in [5, 5.41) is 1.34. The molecule has 0 aromatic carbocycles. The Morgan fingerprint density at radius 3 is 2.25 bits per heavy atom. The van der Waals surface area contributed by atoms with Gasteiger partial charge in [0.15, 0.2) is 0 Å². The van der Waals surface area contributed by atoms with Gasteiger partial charge >= 0.3 is 0 Å². The first-order valence-electron chi connectivity index (χ1n) is 3.95. The van der Waals surface area contributed by atoms with Crippen molar-refractivity contribution in [3.8, 4) is 0 Å². The molecule has 0 aliphatic rings. The molecule has 12 heavy (non-hydrogen) atoms. The zero-order chi connectivity index (χ0) is 9.30. The molecule has 2 heteroatoms. The van der Waals surface area contributed by atoms with Gasteiger partial charge in [0.25, 0.3) is 0 Å². The van der Waals surface area contributed by atoms with Gasteiger partial charge < -0.3 is 4.57 Å². The van der Waals surface area contributed by atoms with Gasteiger partial charge in [0, 0.05) is 12.7 Å². The molecule has 0 saturated carbocycles. The Hall–Kier alpha value is -0.630. The summed E-state index contributed by atoms with van der Waals surface area (Å²) in [6.07, 6.45) is 4.04. The maximum absolute atomic E-state index is 3.82. The van der Waals surface area contributed by atoms with Crippen molar-refractivity contribution in [3.63, 3.8) is 0 Å². The Balaban J connectivity index is 3.42. The SMILES string of the molecule is C=Cc1c(C)c(SC)n(C)c1C.